The molecule has 0 saturated carbocycles. The summed E-state index contributed by atoms with van der Waals surface area (Å²) in [6.07, 6.45) is -11.6. The highest BCUT2D eigenvalue weighted by Crippen LogP contribution is 2.54. The molecule has 2 fully saturated rings. The predicted molar refractivity (Wildman–Crippen MR) is 134 cm³/mol. The number of hydrogen-bond donors (Lipinski definition) is 9. The molecule has 2 saturated heterocycles. The van der Waals surface area contributed by atoms with E-state index in [0.717, 1.165) is 34.1 Å². The van der Waals surface area contributed by atoms with Crippen molar-refractivity contribution in [2.24, 2.45) is 0 Å². The summed E-state index contributed by atoms with van der Waals surface area (Å²) in [5.41, 5.74) is 4.25. The number of hydrogen-bond acceptors (Lipinski definition) is 17. The number of aromatic nitrogens is 6. The molecule has 3 aromatic rings. The van der Waals surface area contributed by atoms with Crippen LogP contribution in [0.4, 0.5) is 5.82 Å². The number of ether oxygens (including phenoxy) is 2. The van der Waals surface area contributed by atoms with Crippen LogP contribution in [0.3, 0.4) is 0 Å². The van der Waals surface area contributed by atoms with Gasteiger partial charge in [0.25, 0.3) is 5.56 Å². The Balaban J connectivity index is 1.33. The Morgan fingerprint density at radius 1 is 1.17 bits per heavy atom. The fraction of sp³-hybridized carbons (Fsp3) is 0.526. The number of aromatic amines is 1. The summed E-state index contributed by atoms with van der Waals surface area (Å²) in [5, 5.41) is 63.2. The normalized spacial score (nSPS) is 34.2. The molecule has 6 unspecified atom stereocenters. The van der Waals surface area contributed by atoms with Crippen molar-refractivity contribution in [3.8, 4) is 0 Å². The fourth-order valence-corrected chi connectivity index (χ4v) is 6.13. The second kappa shape index (κ2) is 10.8. The van der Waals surface area contributed by atoms with Crippen molar-refractivity contribution in [3.05, 3.63) is 45.8 Å². The standard InChI is InChI=1S/C19H24N7O13PS/c20-13-8-14(22-4-21-13)26(5-23-8)16-12(31)19(34,6(3-27)36-16)39-40(35,41)38-17(32)11-9(29)10(30)15(37-11)25-2-1-7(28)24-18(25)33/h1-2,4-6,9-12,15-17,27,29-32,34H,3H2,(H,35,41)(H2,20,21,22)(H,24,28,33)/t6-,9?,10?,11-,12?,15+,16-,17?,19?,40?/m1/s1. The summed E-state index contributed by atoms with van der Waals surface area (Å²) in [4.78, 5) is 47.8. The first kappa shape index (κ1) is 29.7. The maximum Gasteiger partial charge on any atom is 0.330 e. The van der Waals surface area contributed by atoms with E-state index in [2.05, 4.69) is 15.0 Å². The van der Waals surface area contributed by atoms with Gasteiger partial charge in [-0.15, -0.1) is 0 Å². The van der Waals surface area contributed by atoms with Crippen LogP contribution in [0.5, 0.6) is 0 Å². The number of nitrogen functional groups attached to an aromatic ring is 1. The minimum atomic E-state index is -4.79. The molecule has 41 heavy (non-hydrogen) atoms. The number of nitrogens with one attached hydrogen (secondary N) is 1. The topological polar surface area (TPSA) is 303 Å². The number of rotatable bonds is 8. The second-order valence-corrected chi connectivity index (χ2v) is 11.7. The molecule has 5 heterocycles. The van der Waals surface area contributed by atoms with Crippen LogP contribution in [0.15, 0.2) is 34.5 Å². The van der Waals surface area contributed by atoms with Gasteiger partial charge in [0, 0.05) is 12.3 Å². The van der Waals surface area contributed by atoms with Gasteiger partial charge in [0.15, 0.2) is 36.3 Å². The zero-order valence-corrected chi connectivity index (χ0v) is 22.1. The van der Waals surface area contributed by atoms with Crippen LogP contribution in [0.1, 0.15) is 12.5 Å². The van der Waals surface area contributed by atoms with E-state index in [1.54, 1.807) is 0 Å². The molecule has 22 heteroatoms. The number of anilines is 1. The Hall–Kier alpha value is -2.76. The highest BCUT2D eigenvalue weighted by molar-refractivity contribution is 8.07. The molecular formula is C19H24N7O13PS. The molecule has 3 aromatic heterocycles. The lowest BCUT2D eigenvalue weighted by atomic mass is 10.1. The van der Waals surface area contributed by atoms with Crippen molar-refractivity contribution in [2.45, 2.75) is 55.1 Å². The summed E-state index contributed by atoms with van der Waals surface area (Å²) >= 11 is 4.88. The number of imidazole rings is 1. The lowest BCUT2D eigenvalue weighted by Gasteiger charge is -2.34. The Bertz CT molecular complexity index is 1600. The van der Waals surface area contributed by atoms with Gasteiger partial charge in [-0.1, -0.05) is 0 Å². The van der Waals surface area contributed by atoms with E-state index < -0.39 is 79.6 Å². The van der Waals surface area contributed by atoms with Crippen molar-refractivity contribution in [1.29, 1.82) is 0 Å². The van der Waals surface area contributed by atoms with E-state index in [1.165, 1.54) is 0 Å². The van der Waals surface area contributed by atoms with E-state index in [0.29, 0.717) is 0 Å². The zero-order valence-electron chi connectivity index (χ0n) is 20.4. The molecule has 0 radical (unpaired) electrons. The first-order chi connectivity index (χ1) is 19.3. The van der Waals surface area contributed by atoms with Crippen LogP contribution in [-0.4, -0.2) is 114 Å². The SMILES string of the molecule is Nc1ncnc2c1ncn2[C@@H]1O[C@H](CO)C(O)(OP(O)(=S)OC(O)[C@@H]2O[C@H](n3ccc(=O)[nH]c3=O)C(O)C2O)C1O. The quantitative estimate of drug-likeness (QED) is 0.0840. The Morgan fingerprint density at radius 2 is 1.90 bits per heavy atom. The molecule has 2 aliphatic heterocycles. The second-order valence-electron chi connectivity index (χ2n) is 9.02. The lowest BCUT2D eigenvalue weighted by molar-refractivity contribution is -0.229. The highest BCUT2D eigenvalue weighted by atomic mass is 32.5. The molecule has 0 amide bonds. The summed E-state index contributed by atoms with van der Waals surface area (Å²) in [7, 11) is 0. The lowest BCUT2D eigenvalue weighted by Crippen LogP contribution is -2.51. The third-order valence-corrected chi connectivity index (χ3v) is 7.96. The Labute approximate surface area is 232 Å². The first-order valence-corrected chi connectivity index (χ1v) is 14.2. The van der Waals surface area contributed by atoms with Gasteiger partial charge >= 0.3 is 12.4 Å². The van der Waals surface area contributed by atoms with Crippen molar-refractivity contribution >= 4 is 35.5 Å². The third kappa shape index (κ3) is 5.21. The minimum absolute atomic E-state index is 0.00815. The predicted octanol–water partition coefficient (Wildman–Crippen LogP) is -4.91. The molecule has 5 rings (SSSR count). The van der Waals surface area contributed by atoms with Gasteiger partial charge < -0.3 is 50.7 Å². The molecule has 0 bridgehead atoms. The van der Waals surface area contributed by atoms with Crippen LogP contribution in [0, 0.1) is 0 Å². The van der Waals surface area contributed by atoms with Gasteiger partial charge in [0.1, 0.15) is 36.3 Å². The largest absolute Gasteiger partial charge is 0.393 e. The van der Waals surface area contributed by atoms with Crippen LogP contribution in [0.25, 0.3) is 11.2 Å². The molecule has 2 aliphatic rings. The van der Waals surface area contributed by atoms with Crippen molar-refractivity contribution < 1.29 is 54.1 Å². The molecular weight excluding hydrogens is 597 g/mol. The van der Waals surface area contributed by atoms with Crippen LogP contribution in [-0.2, 0) is 30.3 Å². The Kier molecular flexibility index (Phi) is 7.84. The summed E-state index contributed by atoms with van der Waals surface area (Å²) in [5.74, 6) is -2.92. The number of nitrogens with zero attached hydrogens (tertiary/aromatic N) is 5. The van der Waals surface area contributed by atoms with Gasteiger partial charge in [0.2, 0.25) is 5.79 Å². The molecule has 10 N–H and O–H groups in total. The smallest absolute Gasteiger partial charge is 0.330 e. The molecule has 10 atom stereocenters. The molecule has 20 nitrogen and oxygen atoms in total. The molecule has 0 spiro atoms. The van der Waals surface area contributed by atoms with E-state index >= 15 is 0 Å². The van der Waals surface area contributed by atoms with Gasteiger partial charge in [-0.2, -0.15) is 0 Å². The number of aliphatic hydroxyl groups is 6. The van der Waals surface area contributed by atoms with Crippen LogP contribution >= 0.6 is 6.72 Å². The minimum Gasteiger partial charge on any atom is -0.393 e. The Morgan fingerprint density at radius 3 is 2.59 bits per heavy atom. The zero-order chi connectivity index (χ0) is 29.9. The van der Waals surface area contributed by atoms with Gasteiger partial charge in [-0.05, 0) is 11.8 Å². The first-order valence-electron chi connectivity index (χ1n) is 11.6. The van der Waals surface area contributed by atoms with E-state index in [9.17, 15) is 45.1 Å². The summed E-state index contributed by atoms with van der Waals surface area (Å²) < 4.78 is 22.8. The van der Waals surface area contributed by atoms with Gasteiger partial charge in [0.05, 0.1) is 12.9 Å². The summed E-state index contributed by atoms with van der Waals surface area (Å²) in [6, 6.07) is 0.945. The van der Waals surface area contributed by atoms with Gasteiger partial charge in [-0.3, -0.25) is 28.0 Å². The average molecular weight is 621 g/mol. The molecule has 0 aliphatic carbocycles. The van der Waals surface area contributed by atoms with Crippen LogP contribution < -0.4 is 17.0 Å². The number of nitrogens with two attached hydrogens (primary N) is 1. The van der Waals surface area contributed by atoms with Crippen LogP contribution in [0.2, 0.25) is 0 Å². The summed E-state index contributed by atoms with van der Waals surface area (Å²) in [6.45, 7) is -5.75. The highest BCUT2D eigenvalue weighted by Gasteiger charge is 2.60. The maximum atomic E-state index is 12.1. The maximum absolute atomic E-state index is 12.1. The average Bonchev–Trinajstić information content (AvgIpc) is 3.52. The van der Waals surface area contributed by atoms with Crippen molar-refractivity contribution in [3.63, 3.8) is 0 Å². The molecule has 0 aromatic carbocycles. The monoisotopic (exact) mass is 621 g/mol. The third-order valence-electron chi connectivity index (χ3n) is 6.47. The number of aliphatic hydroxyl groups excluding tert-OH is 5. The number of H-pyrrole nitrogens is 1. The van der Waals surface area contributed by atoms with Gasteiger partial charge in [-0.25, -0.2) is 19.7 Å². The van der Waals surface area contributed by atoms with E-state index in [4.69, 9.17) is 36.1 Å². The number of fused-ring (bicyclic) bond motifs is 1. The van der Waals surface area contributed by atoms with Crippen molar-refractivity contribution in [1.82, 2.24) is 29.1 Å². The van der Waals surface area contributed by atoms with Crippen molar-refractivity contribution in [2.75, 3.05) is 12.3 Å². The van der Waals surface area contributed by atoms with E-state index in [-0.39, 0.29) is 17.0 Å². The fourth-order valence-electron chi connectivity index (χ4n) is 4.48. The van der Waals surface area contributed by atoms with E-state index in [1.807, 2.05) is 4.98 Å². The molecule has 224 valence electrons.